The van der Waals surface area contributed by atoms with Crippen LogP contribution >= 0.6 is 0 Å². The standard InChI is InChI=1S/C8H12O9/c1-3(10)7(13)6(12)5(11)4(2-9)14-8(7)15-17-16-8/h4-6,9,11-13H,2H2,1H3/t4-,5-,6+,7-/m1/s1. The fourth-order valence-electron chi connectivity index (χ4n) is 1.82. The zero-order valence-corrected chi connectivity index (χ0v) is 8.77. The van der Waals surface area contributed by atoms with Crippen LogP contribution in [0.15, 0.2) is 0 Å². The van der Waals surface area contributed by atoms with E-state index >= 15 is 0 Å². The first-order chi connectivity index (χ1) is 7.89. The van der Waals surface area contributed by atoms with Crippen LogP contribution in [0.25, 0.3) is 0 Å². The summed E-state index contributed by atoms with van der Waals surface area (Å²) < 4.78 is 4.92. The van der Waals surface area contributed by atoms with Crippen LogP contribution in [0.1, 0.15) is 6.92 Å². The third kappa shape index (κ3) is 1.46. The maximum atomic E-state index is 11.4. The van der Waals surface area contributed by atoms with E-state index in [1.807, 2.05) is 0 Å². The summed E-state index contributed by atoms with van der Waals surface area (Å²) in [4.78, 5) is 20.2. The van der Waals surface area contributed by atoms with E-state index in [2.05, 4.69) is 14.8 Å². The van der Waals surface area contributed by atoms with E-state index in [0.717, 1.165) is 6.92 Å². The number of hydrogen-bond donors (Lipinski definition) is 4. The molecule has 4 N–H and O–H groups in total. The third-order valence-electron chi connectivity index (χ3n) is 2.91. The van der Waals surface area contributed by atoms with E-state index in [1.54, 1.807) is 0 Å². The molecule has 2 aliphatic heterocycles. The van der Waals surface area contributed by atoms with Crippen molar-refractivity contribution in [3.8, 4) is 0 Å². The molecular formula is C8H12O9. The summed E-state index contributed by atoms with van der Waals surface area (Å²) in [7, 11) is 0. The van der Waals surface area contributed by atoms with Crippen LogP contribution in [0.2, 0.25) is 0 Å². The summed E-state index contributed by atoms with van der Waals surface area (Å²) >= 11 is 0. The lowest BCUT2D eigenvalue weighted by Gasteiger charge is -2.53. The quantitative estimate of drug-likeness (QED) is 0.378. The summed E-state index contributed by atoms with van der Waals surface area (Å²) in [5.74, 6) is -3.34. The van der Waals surface area contributed by atoms with Gasteiger partial charge in [-0.1, -0.05) is 5.04 Å². The van der Waals surface area contributed by atoms with Crippen molar-refractivity contribution in [2.45, 2.75) is 36.8 Å². The molecule has 0 amide bonds. The number of aliphatic hydroxyl groups is 4. The Balaban J connectivity index is 2.39. The van der Waals surface area contributed by atoms with E-state index in [4.69, 9.17) is 9.84 Å². The van der Waals surface area contributed by atoms with Gasteiger partial charge in [-0.2, -0.15) is 0 Å². The molecule has 2 heterocycles. The van der Waals surface area contributed by atoms with Crippen LogP contribution in [0.5, 0.6) is 0 Å². The van der Waals surface area contributed by atoms with Crippen molar-refractivity contribution in [1.29, 1.82) is 0 Å². The molecule has 98 valence electrons. The second-order valence-electron chi connectivity index (χ2n) is 3.89. The topological polar surface area (TPSA) is 135 Å². The lowest BCUT2D eigenvalue weighted by Crippen LogP contribution is -2.79. The largest absolute Gasteiger partial charge is 0.394 e. The lowest BCUT2D eigenvalue weighted by molar-refractivity contribution is -0.800. The normalized spacial score (nSPS) is 44.4. The molecule has 1 spiro atoms. The molecule has 0 aromatic carbocycles. The molecule has 0 saturated carbocycles. The van der Waals surface area contributed by atoms with Gasteiger partial charge in [0.05, 0.1) is 6.61 Å². The first-order valence-electron chi connectivity index (χ1n) is 4.81. The molecule has 4 atom stereocenters. The summed E-state index contributed by atoms with van der Waals surface area (Å²) in [6.07, 6.45) is -4.95. The Labute approximate surface area is 94.9 Å². The Kier molecular flexibility index (Phi) is 2.96. The van der Waals surface area contributed by atoms with E-state index in [1.165, 1.54) is 0 Å². The van der Waals surface area contributed by atoms with Gasteiger partial charge >= 0.3 is 5.97 Å². The number of Topliss-reactive ketones (excluding diaryl/α,β-unsaturated/α-hetero) is 1. The molecule has 2 saturated heterocycles. The van der Waals surface area contributed by atoms with Crippen molar-refractivity contribution in [3.05, 3.63) is 0 Å². The summed E-state index contributed by atoms with van der Waals surface area (Å²) in [5.41, 5.74) is -2.66. The molecule has 0 aliphatic carbocycles. The number of ketones is 1. The summed E-state index contributed by atoms with van der Waals surface area (Å²) in [6.45, 7) is 0.270. The third-order valence-corrected chi connectivity index (χ3v) is 2.91. The monoisotopic (exact) mass is 252 g/mol. The zero-order chi connectivity index (χ0) is 12.8. The van der Waals surface area contributed by atoms with Gasteiger partial charge in [-0.15, -0.1) is 9.78 Å². The molecule has 0 unspecified atom stereocenters. The Hall–Kier alpha value is -0.650. The van der Waals surface area contributed by atoms with Crippen molar-refractivity contribution >= 4 is 5.78 Å². The van der Waals surface area contributed by atoms with E-state index in [9.17, 15) is 20.1 Å². The Morgan fingerprint density at radius 1 is 1.35 bits per heavy atom. The number of rotatable bonds is 2. The molecule has 17 heavy (non-hydrogen) atoms. The second kappa shape index (κ2) is 3.93. The van der Waals surface area contributed by atoms with Crippen molar-refractivity contribution in [1.82, 2.24) is 0 Å². The number of aliphatic hydroxyl groups excluding tert-OH is 3. The Morgan fingerprint density at radius 3 is 2.29 bits per heavy atom. The predicted octanol–water partition coefficient (Wildman–Crippen LogP) is -3.03. The first kappa shape index (κ1) is 12.8. The molecule has 9 nitrogen and oxygen atoms in total. The number of ether oxygens (including phenoxy) is 1. The van der Waals surface area contributed by atoms with Crippen molar-refractivity contribution < 1.29 is 44.8 Å². The van der Waals surface area contributed by atoms with Gasteiger partial charge in [-0.3, -0.25) is 4.79 Å². The van der Waals surface area contributed by atoms with Crippen LogP contribution < -0.4 is 0 Å². The van der Waals surface area contributed by atoms with Crippen LogP contribution in [0.4, 0.5) is 0 Å². The van der Waals surface area contributed by atoms with Crippen molar-refractivity contribution in [3.63, 3.8) is 0 Å². The highest BCUT2D eigenvalue weighted by atomic mass is 17.6. The van der Waals surface area contributed by atoms with Gasteiger partial charge in [0.25, 0.3) is 0 Å². The van der Waals surface area contributed by atoms with E-state index in [0.29, 0.717) is 0 Å². The first-order valence-corrected chi connectivity index (χ1v) is 4.81. The van der Waals surface area contributed by atoms with Crippen molar-refractivity contribution in [2.24, 2.45) is 0 Å². The Bertz CT molecular complexity index is 327. The van der Waals surface area contributed by atoms with Gasteiger partial charge < -0.3 is 25.2 Å². The van der Waals surface area contributed by atoms with Crippen molar-refractivity contribution in [2.75, 3.05) is 6.61 Å². The van der Waals surface area contributed by atoms with Crippen LogP contribution in [-0.2, 0) is 24.3 Å². The lowest BCUT2D eigenvalue weighted by atomic mass is 9.82. The van der Waals surface area contributed by atoms with Crippen LogP contribution in [-0.4, -0.2) is 62.7 Å². The summed E-state index contributed by atoms with van der Waals surface area (Å²) in [5, 5.41) is 42.2. The highest BCUT2D eigenvalue weighted by molar-refractivity contribution is 5.86. The fraction of sp³-hybridized carbons (Fsp3) is 0.875. The van der Waals surface area contributed by atoms with Gasteiger partial charge in [0.1, 0.15) is 18.3 Å². The summed E-state index contributed by atoms with van der Waals surface area (Å²) in [6, 6.07) is 0. The average Bonchev–Trinajstić information content (AvgIpc) is 2.24. The van der Waals surface area contributed by atoms with Crippen LogP contribution in [0, 0.1) is 0 Å². The van der Waals surface area contributed by atoms with Crippen LogP contribution in [0.3, 0.4) is 0 Å². The minimum atomic E-state index is -2.66. The average molecular weight is 252 g/mol. The second-order valence-corrected chi connectivity index (χ2v) is 3.89. The maximum absolute atomic E-state index is 11.4. The minimum absolute atomic E-state index is 0.680. The molecule has 0 radical (unpaired) electrons. The van der Waals surface area contributed by atoms with Gasteiger partial charge in [-0.25, -0.2) is 0 Å². The highest BCUT2D eigenvalue weighted by Crippen LogP contribution is 2.45. The number of carbonyl (C=O) groups is 1. The molecule has 0 bridgehead atoms. The van der Waals surface area contributed by atoms with E-state index in [-0.39, 0.29) is 0 Å². The number of hydrogen-bond acceptors (Lipinski definition) is 9. The molecule has 0 aromatic rings. The molecule has 2 fully saturated rings. The molecular weight excluding hydrogens is 240 g/mol. The predicted molar refractivity (Wildman–Crippen MR) is 45.6 cm³/mol. The zero-order valence-electron chi connectivity index (χ0n) is 8.77. The SMILES string of the molecule is CC(=O)[C@@]1(O)[C@@H](O)[C@H](O)[C@@H](CO)OC12OOO2. The van der Waals surface area contributed by atoms with Gasteiger partial charge in [0, 0.05) is 0 Å². The maximum Gasteiger partial charge on any atom is 0.385 e. The smallest absolute Gasteiger partial charge is 0.385 e. The minimum Gasteiger partial charge on any atom is -0.394 e. The van der Waals surface area contributed by atoms with Gasteiger partial charge in [0.2, 0.25) is 5.60 Å². The molecule has 9 heteroatoms. The molecule has 2 rings (SSSR count). The molecule has 2 aliphatic rings. The number of carbonyl (C=O) groups excluding carboxylic acids is 1. The van der Waals surface area contributed by atoms with Gasteiger partial charge in [0.15, 0.2) is 5.78 Å². The van der Waals surface area contributed by atoms with E-state index < -0.39 is 42.3 Å². The van der Waals surface area contributed by atoms with Gasteiger partial charge in [-0.05, 0) is 6.92 Å². The molecule has 0 aromatic heterocycles. The fourth-order valence-corrected chi connectivity index (χ4v) is 1.82. The Morgan fingerprint density at radius 2 is 1.94 bits per heavy atom. The highest BCUT2D eigenvalue weighted by Gasteiger charge is 2.74.